The number of rotatable bonds is 6. The molecule has 46 heavy (non-hydrogen) atoms. The van der Waals surface area contributed by atoms with E-state index in [2.05, 4.69) is 92.1 Å². The summed E-state index contributed by atoms with van der Waals surface area (Å²) >= 11 is 0. The van der Waals surface area contributed by atoms with Gasteiger partial charge in [-0.1, -0.05) is 74.9 Å². The summed E-state index contributed by atoms with van der Waals surface area (Å²) in [6.45, 7) is 10.2. The molecule has 3 aromatic rings. The van der Waals surface area contributed by atoms with Crippen molar-refractivity contribution in [3.63, 3.8) is 0 Å². The summed E-state index contributed by atoms with van der Waals surface area (Å²) in [7, 11) is 1.68. The van der Waals surface area contributed by atoms with Crippen LogP contribution >= 0.6 is 0 Å². The first-order valence-corrected chi connectivity index (χ1v) is 17.4. The first-order chi connectivity index (χ1) is 22.2. The Bertz CT molecular complexity index is 1590. The average Bonchev–Trinajstić information content (AvgIpc) is 3.70. The molecule has 1 spiro atoms. The van der Waals surface area contributed by atoms with Gasteiger partial charge in [-0.05, 0) is 86.8 Å². The third-order valence-electron chi connectivity index (χ3n) is 12.4. The molecule has 1 saturated carbocycles. The number of ether oxygens (including phenoxy) is 3. The van der Waals surface area contributed by atoms with Crippen LogP contribution in [0.5, 0.6) is 5.75 Å². The van der Waals surface area contributed by atoms with Gasteiger partial charge in [0.25, 0.3) is 0 Å². The van der Waals surface area contributed by atoms with Gasteiger partial charge in [0.15, 0.2) is 0 Å². The van der Waals surface area contributed by atoms with Crippen LogP contribution in [0, 0.1) is 23.7 Å². The summed E-state index contributed by atoms with van der Waals surface area (Å²) in [5.41, 5.74) is 3.82. The van der Waals surface area contributed by atoms with Gasteiger partial charge in [0, 0.05) is 29.3 Å². The van der Waals surface area contributed by atoms with Crippen molar-refractivity contribution < 1.29 is 19.0 Å². The van der Waals surface area contributed by atoms with Crippen molar-refractivity contribution in [2.75, 3.05) is 12.0 Å². The van der Waals surface area contributed by atoms with Gasteiger partial charge in [0.05, 0.1) is 31.3 Å². The topological polar surface area (TPSA) is 51.2 Å². The van der Waals surface area contributed by atoms with Gasteiger partial charge < -0.3 is 19.1 Å². The third-order valence-corrected chi connectivity index (χ3v) is 12.4. The van der Waals surface area contributed by atoms with Crippen molar-refractivity contribution in [1.29, 1.82) is 0 Å². The van der Waals surface area contributed by atoms with Crippen LogP contribution in [0.2, 0.25) is 0 Å². The molecule has 6 heteroatoms. The minimum atomic E-state index is -0.562. The Labute approximate surface area is 274 Å². The molecule has 0 aromatic heterocycles. The molecule has 1 aliphatic carbocycles. The summed E-state index contributed by atoms with van der Waals surface area (Å²) in [6, 6.07) is 27.3. The summed E-state index contributed by atoms with van der Waals surface area (Å²) < 4.78 is 19.8. The van der Waals surface area contributed by atoms with Gasteiger partial charge in [0.1, 0.15) is 17.6 Å². The number of hydrogen-bond acceptors (Lipinski definition) is 5. The van der Waals surface area contributed by atoms with Crippen LogP contribution in [0.25, 0.3) is 0 Å². The highest BCUT2D eigenvalue weighted by Gasteiger charge is 2.71. The number of benzene rings is 3. The largest absolute Gasteiger partial charge is 0.497 e. The van der Waals surface area contributed by atoms with E-state index in [0.717, 1.165) is 48.4 Å². The van der Waals surface area contributed by atoms with Gasteiger partial charge in [0.2, 0.25) is 5.91 Å². The molecule has 5 aliphatic rings. The number of fused-ring (bicyclic) bond motifs is 2. The maximum Gasteiger partial charge on any atom is 0.234 e. The van der Waals surface area contributed by atoms with E-state index >= 15 is 0 Å². The SMILES string of the molecule is COc1ccc(N2C(=O)[C@H]3[C@H](C)[C@@H]4CC[C@]3(O4)[C@@H]2c2ccccc2[C@@H]2O[C@@H]3C[C@H](C)CC[C@H]3C(C)(C)N2Cc2ccccc2)cc1. The smallest absolute Gasteiger partial charge is 0.234 e. The minimum absolute atomic E-state index is 0.0878. The summed E-state index contributed by atoms with van der Waals surface area (Å²) in [5, 5.41) is 0. The highest BCUT2D eigenvalue weighted by molar-refractivity contribution is 6.01. The van der Waals surface area contributed by atoms with Crippen molar-refractivity contribution in [3.05, 3.63) is 95.6 Å². The number of amides is 1. The zero-order valence-corrected chi connectivity index (χ0v) is 27.9. The molecule has 4 heterocycles. The fourth-order valence-corrected chi connectivity index (χ4v) is 10.1. The van der Waals surface area contributed by atoms with E-state index in [0.29, 0.717) is 11.8 Å². The van der Waals surface area contributed by atoms with Gasteiger partial charge in [-0.3, -0.25) is 9.69 Å². The first-order valence-electron chi connectivity index (χ1n) is 17.4. The second-order valence-electron chi connectivity index (χ2n) is 15.2. The van der Waals surface area contributed by atoms with E-state index in [-0.39, 0.29) is 47.8 Å². The van der Waals surface area contributed by atoms with Crippen LogP contribution < -0.4 is 9.64 Å². The molecule has 3 aromatic carbocycles. The Morgan fingerprint density at radius 1 is 0.870 bits per heavy atom. The molecule has 0 N–H and O–H groups in total. The Kier molecular flexibility index (Phi) is 7.35. The average molecular weight is 621 g/mol. The lowest BCUT2D eigenvalue weighted by Crippen LogP contribution is -2.61. The number of anilines is 1. The molecule has 9 atom stereocenters. The fourth-order valence-electron chi connectivity index (χ4n) is 10.1. The monoisotopic (exact) mass is 620 g/mol. The van der Waals surface area contributed by atoms with E-state index in [9.17, 15) is 4.79 Å². The van der Waals surface area contributed by atoms with Gasteiger partial charge in [-0.2, -0.15) is 0 Å². The van der Waals surface area contributed by atoms with E-state index < -0.39 is 5.60 Å². The quantitative estimate of drug-likeness (QED) is 0.279. The predicted octanol–water partition coefficient (Wildman–Crippen LogP) is 8.08. The van der Waals surface area contributed by atoms with Crippen LogP contribution in [0.1, 0.15) is 88.8 Å². The standard InChI is InChI=1S/C40H48N2O4/c1-25-15-20-32-34(23-25)45-38(41(39(32,3)4)24-27-11-7-6-8-12-27)31-14-10-9-13-30(31)36-40-22-21-33(46-40)26(2)35(40)37(43)42(36)28-16-18-29(44-5)19-17-28/h6-14,16-19,25-26,32-36,38H,15,20-24H2,1-5H3/t25-,26-,32-,33+,34-,35-,36+,38+,40-/m1/s1. The van der Waals surface area contributed by atoms with E-state index in [1.807, 2.05) is 24.3 Å². The van der Waals surface area contributed by atoms with Crippen molar-refractivity contribution in [3.8, 4) is 5.75 Å². The van der Waals surface area contributed by atoms with Crippen molar-refractivity contribution in [2.24, 2.45) is 23.7 Å². The van der Waals surface area contributed by atoms with Crippen molar-refractivity contribution in [2.45, 2.75) is 102 Å². The summed E-state index contributed by atoms with van der Waals surface area (Å²) in [4.78, 5) is 19.3. The Morgan fingerprint density at radius 2 is 1.59 bits per heavy atom. The number of methoxy groups -OCH3 is 1. The van der Waals surface area contributed by atoms with Gasteiger partial charge in [-0.25, -0.2) is 0 Å². The molecule has 6 nitrogen and oxygen atoms in total. The number of carbonyl (C=O) groups is 1. The molecular formula is C40H48N2O4. The zero-order valence-electron chi connectivity index (χ0n) is 27.9. The highest BCUT2D eigenvalue weighted by Crippen LogP contribution is 2.64. The normalized spacial score (nSPS) is 36.5. The minimum Gasteiger partial charge on any atom is -0.497 e. The van der Waals surface area contributed by atoms with E-state index in [1.54, 1.807) is 7.11 Å². The van der Waals surface area contributed by atoms with Gasteiger partial charge in [-0.15, -0.1) is 0 Å². The Hall–Kier alpha value is -3.19. The highest BCUT2D eigenvalue weighted by atomic mass is 16.5. The van der Waals surface area contributed by atoms with E-state index in [4.69, 9.17) is 14.2 Å². The van der Waals surface area contributed by atoms with Crippen LogP contribution in [0.4, 0.5) is 5.69 Å². The molecule has 0 radical (unpaired) electrons. The molecule has 0 unspecified atom stereocenters. The zero-order chi connectivity index (χ0) is 31.8. The van der Waals surface area contributed by atoms with Crippen LogP contribution in [-0.4, -0.2) is 41.3 Å². The maximum absolute atomic E-state index is 14.6. The van der Waals surface area contributed by atoms with Crippen LogP contribution in [0.15, 0.2) is 78.9 Å². The van der Waals surface area contributed by atoms with Crippen LogP contribution in [0.3, 0.4) is 0 Å². The molecule has 4 aliphatic heterocycles. The fraction of sp³-hybridized carbons (Fsp3) is 0.525. The molecule has 2 bridgehead atoms. The lowest BCUT2D eigenvalue weighted by Gasteiger charge is -2.58. The van der Waals surface area contributed by atoms with E-state index in [1.165, 1.54) is 18.4 Å². The number of nitrogens with zero attached hydrogens (tertiary/aromatic N) is 2. The lowest BCUT2D eigenvalue weighted by molar-refractivity contribution is -0.241. The number of carbonyl (C=O) groups excluding carboxylic acids is 1. The first kappa shape index (κ1) is 30.2. The molecule has 1 amide bonds. The maximum atomic E-state index is 14.6. The molecule has 242 valence electrons. The van der Waals surface area contributed by atoms with Crippen molar-refractivity contribution in [1.82, 2.24) is 4.90 Å². The molecule has 5 fully saturated rings. The number of hydrogen-bond donors (Lipinski definition) is 0. The molecular weight excluding hydrogens is 572 g/mol. The summed E-state index contributed by atoms with van der Waals surface area (Å²) in [5.74, 6) is 2.07. The lowest BCUT2D eigenvalue weighted by atomic mass is 9.68. The Balaban J connectivity index is 1.28. The van der Waals surface area contributed by atoms with Crippen molar-refractivity contribution >= 4 is 11.6 Å². The Morgan fingerprint density at radius 3 is 2.33 bits per heavy atom. The molecule has 8 rings (SSSR count). The predicted molar refractivity (Wildman–Crippen MR) is 179 cm³/mol. The summed E-state index contributed by atoms with van der Waals surface area (Å²) in [6.07, 6.45) is 5.46. The third kappa shape index (κ3) is 4.51. The second-order valence-corrected chi connectivity index (χ2v) is 15.2. The van der Waals surface area contributed by atoms with Crippen LogP contribution in [-0.2, 0) is 20.8 Å². The second kappa shape index (κ2) is 11.2. The van der Waals surface area contributed by atoms with Gasteiger partial charge >= 0.3 is 0 Å². The molecule has 4 saturated heterocycles.